The number of nitrogens with zero attached hydrogens (tertiary/aromatic N) is 3. The molecule has 0 bridgehead atoms. The third-order valence-electron chi connectivity index (χ3n) is 5.40. The third kappa shape index (κ3) is 2.97. The number of nitriles is 1. The molecule has 0 radical (unpaired) electrons. The van der Waals surface area contributed by atoms with Crippen molar-refractivity contribution in [3.8, 4) is 6.07 Å². The van der Waals surface area contributed by atoms with Crippen molar-refractivity contribution in [2.75, 3.05) is 33.2 Å². The van der Waals surface area contributed by atoms with Gasteiger partial charge in [0, 0.05) is 32.2 Å². The van der Waals surface area contributed by atoms with Crippen LogP contribution in [0.2, 0.25) is 0 Å². The predicted octanol–water partition coefficient (Wildman–Crippen LogP) is 2.64. The molecule has 1 saturated heterocycles. The summed E-state index contributed by atoms with van der Waals surface area (Å²) in [5, 5.41) is 9.76. The summed E-state index contributed by atoms with van der Waals surface area (Å²) in [5.74, 6) is 0. The van der Waals surface area contributed by atoms with E-state index in [1.54, 1.807) is 0 Å². The molecule has 3 nitrogen and oxygen atoms in total. The van der Waals surface area contributed by atoms with Crippen molar-refractivity contribution >= 4 is 0 Å². The standard InChI is InChI=1S/C18H25N3/c1-20-11-13-21(14-12-20)17-7-9-18(15-19,10-8-17)16-5-3-2-4-6-16/h2-6,17H,7-14H2,1H3. The summed E-state index contributed by atoms with van der Waals surface area (Å²) in [6.07, 6.45) is 4.33. The van der Waals surface area contributed by atoms with Crippen molar-refractivity contribution in [1.82, 2.24) is 9.80 Å². The van der Waals surface area contributed by atoms with Crippen LogP contribution in [0.25, 0.3) is 0 Å². The smallest absolute Gasteiger partial charge is 0.0823 e. The number of benzene rings is 1. The lowest BCUT2D eigenvalue weighted by atomic mass is 9.69. The average Bonchev–Trinajstić information content (AvgIpc) is 2.56. The quantitative estimate of drug-likeness (QED) is 0.836. The first kappa shape index (κ1) is 14.6. The predicted molar refractivity (Wildman–Crippen MR) is 85.1 cm³/mol. The second-order valence-electron chi connectivity index (χ2n) is 6.63. The molecule has 0 amide bonds. The first-order chi connectivity index (χ1) is 10.2. The molecular weight excluding hydrogens is 258 g/mol. The van der Waals surface area contributed by atoms with E-state index in [0.29, 0.717) is 6.04 Å². The molecule has 0 N–H and O–H groups in total. The Morgan fingerprint density at radius 3 is 2.24 bits per heavy atom. The van der Waals surface area contributed by atoms with Gasteiger partial charge in [-0.3, -0.25) is 4.90 Å². The summed E-state index contributed by atoms with van der Waals surface area (Å²) in [5.41, 5.74) is 0.967. The monoisotopic (exact) mass is 283 g/mol. The van der Waals surface area contributed by atoms with Crippen molar-refractivity contribution < 1.29 is 0 Å². The fourth-order valence-corrected chi connectivity index (χ4v) is 3.87. The van der Waals surface area contributed by atoms with Gasteiger partial charge in [-0.05, 0) is 38.3 Å². The Hall–Kier alpha value is -1.37. The van der Waals surface area contributed by atoms with Gasteiger partial charge in [0.15, 0.2) is 0 Å². The van der Waals surface area contributed by atoms with Crippen LogP contribution in [-0.2, 0) is 5.41 Å². The molecule has 0 aromatic heterocycles. The number of piperazine rings is 1. The lowest BCUT2D eigenvalue weighted by molar-refractivity contribution is 0.0817. The summed E-state index contributed by atoms with van der Waals surface area (Å²) >= 11 is 0. The van der Waals surface area contributed by atoms with Gasteiger partial charge in [0.1, 0.15) is 0 Å². The maximum absolute atomic E-state index is 9.76. The fraction of sp³-hybridized carbons (Fsp3) is 0.611. The number of hydrogen-bond acceptors (Lipinski definition) is 3. The van der Waals surface area contributed by atoms with E-state index in [1.165, 1.54) is 31.7 Å². The van der Waals surface area contributed by atoms with Gasteiger partial charge in [0.05, 0.1) is 11.5 Å². The van der Waals surface area contributed by atoms with Crippen molar-refractivity contribution in [2.45, 2.75) is 37.1 Å². The van der Waals surface area contributed by atoms with Crippen LogP contribution in [-0.4, -0.2) is 49.1 Å². The molecule has 0 atom stereocenters. The minimum Gasteiger partial charge on any atom is -0.304 e. The minimum atomic E-state index is -0.246. The summed E-state index contributed by atoms with van der Waals surface area (Å²) in [6.45, 7) is 4.73. The molecular formula is C18H25N3. The zero-order valence-corrected chi connectivity index (χ0v) is 13.0. The highest BCUT2D eigenvalue weighted by Crippen LogP contribution is 2.40. The minimum absolute atomic E-state index is 0.246. The highest BCUT2D eigenvalue weighted by atomic mass is 15.3. The molecule has 2 aliphatic rings. The number of rotatable bonds is 2. The topological polar surface area (TPSA) is 30.3 Å². The zero-order valence-electron chi connectivity index (χ0n) is 13.0. The molecule has 3 rings (SSSR count). The molecule has 2 fully saturated rings. The van der Waals surface area contributed by atoms with Gasteiger partial charge in [0.2, 0.25) is 0 Å². The summed E-state index contributed by atoms with van der Waals surface area (Å²) < 4.78 is 0. The number of likely N-dealkylation sites (N-methyl/N-ethyl adjacent to an activating group) is 1. The van der Waals surface area contributed by atoms with Gasteiger partial charge in [0.25, 0.3) is 0 Å². The first-order valence-corrected chi connectivity index (χ1v) is 8.13. The fourth-order valence-electron chi connectivity index (χ4n) is 3.87. The average molecular weight is 283 g/mol. The molecule has 1 heterocycles. The van der Waals surface area contributed by atoms with E-state index in [-0.39, 0.29) is 5.41 Å². The van der Waals surface area contributed by atoms with E-state index in [0.717, 1.165) is 25.7 Å². The maximum Gasteiger partial charge on any atom is 0.0823 e. The van der Waals surface area contributed by atoms with Gasteiger partial charge < -0.3 is 4.90 Å². The van der Waals surface area contributed by atoms with Crippen LogP contribution in [0.5, 0.6) is 0 Å². The first-order valence-electron chi connectivity index (χ1n) is 8.13. The Balaban J connectivity index is 1.65. The second kappa shape index (κ2) is 6.17. The summed E-state index contributed by atoms with van der Waals surface area (Å²) in [7, 11) is 2.20. The van der Waals surface area contributed by atoms with Gasteiger partial charge >= 0.3 is 0 Å². The van der Waals surface area contributed by atoms with Gasteiger partial charge in [-0.15, -0.1) is 0 Å². The zero-order chi connectivity index (χ0) is 14.7. The van der Waals surface area contributed by atoms with Crippen LogP contribution in [0.3, 0.4) is 0 Å². The largest absolute Gasteiger partial charge is 0.304 e. The van der Waals surface area contributed by atoms with E-state index in [9.17, 15) is 5.26 Å². The Labute approximate surface area is 128 Å². The molecule has 1 aromatic rings. The lowest BCUT2D eigenvalue weighted by Gasteiger charge is -2.43. The summed E-state index contributed by atoms with van der Waals surface area (Å²) in [6, 6.07) is 13.7. The van der Waals surface area contributed by atoms with Crippen LogP contribution in [0.15, 0.2) is 30.3 Å². The van der Waals surface area contributed by atoms with E-state index in [1.807, 2.05) is 6.07 Å². The highest BCUT2D eigenvalue weighted by Gasteiger charge is 2.38. The Kier molecular flexibility index (Phi) is 4.28. The maximum atomic E-state index is 9.76. The Morgan fingerprint density at radius 2 is 1.67 bits per heavy atom. The molecule has 3 heteroatoms. The van der Waals surface area contributed by atoms with Crippen molar-refractivity contribution in [2.24, 2.45) is 0 Å². The van der Waals surface area contributed by atoms with E-state index in [4.69, 9.17) is 0 Å². The van der Waals surface area contributed by atoms with Crippen molar-refractivity contribution in [3.63, 3.8) is 0 Å². The van der Waals surface area contributed by atoms with Crippen molar-refractivity contribution in [3.05, 3.63) is 35.9 Å². The van der Waals surface area contributed by atoms with Crippen LogP contribution in [0.4, 0.5) is 0 Å². The van der Waals surface area contributed by atoms with Crippen molar-refractivity contribution in [1.29, 1.82) is 5.26 Å². The SMILES string of the molecule is CN1CCN(C2CCC(C#N)(c3ccccc3)CC2)CC1. The number of hydrogen-bond donors (Lipinski definition) is 0. The van der Waals surface area contributed by atoms with Crippen LogP contribution < -0.4 is 0 Å². The summed E-state index contributed by atoms with van der Waals surface area (Å²) in [4.78, 5) is 5.05. The van der Waals surface area contributed by atoms with E-state index in [2.05, 4.69) is 47.2 Å². The molecule has 0 unspecified atom stereocenters. The molecule has 21 heavy (non-hydrogen) atoms. The molecule has 1 saturated carbocycles. The molecule has 1 aromatic carbocycles. The molecule has 1 aliphatic carbocycles. The highest BCUT2D eigenvalue weighted by molar-refractivity contribution is 5.33. The van der Waals surface area contributed by atoms with E-state index >= 15 is 0 Å². The normalized spacial score (nSPS) is 31.7. The molecule has 1 aliphatic heterocycles. The lowest BCUT2D eigenvalue weighted by Crippen LogP contribution is -2.51. The van der Waals surface area contributed by atoms with E-state index < -0.39 is 0 Å². The Morgan fingerprint density at radius 1 is 1.05 bits per heavy atom. The van der Waals surface area contributed by atoms with Gasteiger partial charge in [-0.25, -0.2) is 0 Å². The van der Waals surface area contributed by atoms with Crippen LogP contribution in [0, 0.1) is 11.3 Å². The molecule has 112 valence electrons. The third-order valence-corrected chi connectivity index (χ3v) is 5.40. The van der Waals surface area contributed by atoms with Gasteiger partial charge in [-0.2, -0.15) is 5.26 Å². The van der Waals surface area contributed by atoms with Crippen LogP contribution in [0.1, 0.15) is 31.2 Å². The Bertz CT molecular complexity index is 489. The van der Waals surface area contributed by atoms with Crippen LogP contribution >= 0.6 is 0 Å². The molecule has 0 spiro atoms. The van der Waals surface area contributed by atoms with Gasteiger partial charge in [-0.1, -0.05) is 30.3 Å². The second-order valence-corrected chi connectivity index (χ2v) is 6.63.